The van der Waals surface area contributed by atoms with E-state index in [1.54, 1.807) is 39.0 Å². The Hall–Kier alpha value is -2.64. The van der Waals surface area contributed by atoms with Crippen LogP contribution in [-0.2, 0) is 4.74 Å². The highest BCUT2D eigenvalue weighted by Crippen LogP contribution is 2.30. The van der Waals surface area contributed by atoms with Crippen LogP contribution in [0.3, 0.4) is 0 Å². The SMILES string of the molecule is COc1ccc(C(NC(=O)OC(C)(C)C)/C(N)=N\O)cc1OC. The molecule has 0 bridgehead atoms. The molecular formula is C15H23N3O5. The highest BCUT2D eigenvalue weighted by Gasteiger charge is 2.24. The normalized spacial score (nSPS) is 13.2. The molecule has 23 heavy (non-hydrogen) atoms. The van der Waals surface area contributed by atoms with Gasteiger partial charge in [-0.05, 0) is 38.5 Å². The molecular weight excluding hydrogens is 302 g/mol. The van der Waals surface area contributed by atoms with Crippen molar-refractivity contribution in [2.45, 2.75) is 32.4 Å². The molecule has 1 aromatic carbocycles. The molecule has 128 valence electrons. The number of alkyl carbamates (subject to hydrolysis) is 1. The summed E-state index contributed by atoms with van der Waals surface area (Å²) in [5.74, 6) is 0.779. The zero-order valence-electron chi connectivity index (χ0n) is 13.9. The van der Waals surface area contributed by atoms with Crippen LogP contribution >= 0.6 is 0 Å². The molecule has 0 aromatic heterocycles. The molecule has 0 aliphatic heterocycles. The average Bonchev–Trinajstić information content (AvgIpc) is 2.49. The summed E-state index contributed by atoms with van der Waals surface area (Å²) < 4.78 is 15.6. The summed E-state index contributed by atoms with van der Waals surface area (Å²) in [4.78, 5) is 12.0. The second-order valence-electron chi connectivity index (χ2n) is 5.72. The van der Waals surface area contributed by atoms with Gasteiger partial charge < -0.3 is 30.5 Å². The Kier molecular flexibility index (Phi) is 6.06. The van der Waals surface area contributed by atoms with E-state index >= 15 is 0 Å². The third kappa shape index (κ3) is 5.24. The topological polar surface area (TPSA) is 115 Å². The summed E-state index contributed by atoms with van der Waals surface area (Å²) in [6.07, 6.45) is -0.691. The van der Waals surface area contributed by atoms with E-state index in [2.05, 4.69) is 10.5 Å². The number of nitrogens with zero attached hydrogens (tertiary/aromatic N) is 1. The van der Waals surface area contributed by atoms with Crippen molar-refractivity contribution in [3.63, 3.8) is 0 Å². The minimum Gasteiger partial charge on any atom is -0.493 e. The van der Waals surface area contributed by atoms with Gasteiger partial charge in [-0.25, -0.2) is 4.79 Å². The van der Waals surface area contributed by atoms with Gasteiger partial charge in [0.05, 0.1) is 14.2 Å². The first kappa shape index (κ1) is 18.4. The average molecular weight is 325 g/mol. The Bertz CT molecular complexity index is 581. The van der Waals surface area contributed by atoms with Crippen molar-refractivity contribution in [1.29, 1.82) is 0 Å². The fourth-order valence-electron chi connectivity index (χ4n) is 1.84. The molecule has 4 N–H and O–H groups in total. The first-order valence-electron chi connectivity index (χ1n) is 6.90. The third-order valence-electron chi connectivity index (χ3n) is 2.81. The molecule has 0 saturated heterocycles. The number of nitrogens with one attached hydrogen (secondary N) is 1. The highest BCUT2D eigenvalue weighted by atomic mass is 16.6. The molecule has 1 unspecified atom stereocenters. The lowest BCUT2D eigenvalue weighted by Crippen LogP contribution is -2.40. The van der Waals surface area contributed by atoms with Gasteiger partial charge in [0, 0.05) is 0 Å². The van der Waals surface area contributed by atoms with Crippen LogP contribution < -0.4 is 20.5 Å². The number of amides is 1. The maximum atomic E-state index is 12.0. The predicted octanol–water partition coefficient (Wildman–Crippen LogP) is 2.02. The maximum absolute atomic E-state index is 12.0. The predicted molar refractivity (Wildman–Crippen MR) is 85.1 cm³/mol. The smallest absolute Gasteiger partial charge is 0.408 e. The van der Waals surface area contributed by atoms with E-state index in [0.717, 1.165) is 0 Å². The van der Waals surface area contributed by atoms with E-state index < -0.39 is 17.7 Å². The number of rotatable bonds is 5. The van der Waals surface area contributed by atoms with Crippen LogP contribution in [0.25, 0.3) is 0 Å². The van der Waals surface area contributed by atoms with E-state index in [-0.39, 0.29) is 5.84 Å². The molecule has 8 heteroatoms. The lowest BCUT2D eigenvalue weighted by molar-refractivity contribution is 0.0516. The van der Waals surface area contributed by atoms with E-state index in [4.69, 9.17) is 25.2 Å². The number of amidine groups is 1. The van der Waals surface area contributed by atoms with E-state index in [0.29, 0.717) is 17.1 Å². The van der Waals surface area contributed by atoms with Gasteiger partial charge in [-0.15, -0.1) is 0 Å². The highest BCUT2D eigenvalue weighted by molar-refractivity contribution is 5.89. The first-order valence-corrected chi connectivity index (χ1v) is 6.90. The summed E-state index contributed by atoms with van der Waals surface area (Å²) in [6.45, 7) is 5.21. The van der Waals surface area contributed by atoms with Gasteiger partial charge in [0.25, 0.3) is 0 Å². The van der Waals surface area contributed by atoms with Crippen LogP contribution in [0.2, 0.25) is 0 Å². The van der Waals surface area contributed by atoms with Crippen molar-refractivity contribution in [3.8, 4) is 11.5 Å². The van der Waals surface area contributed by atoms with Crippen molar-refractivity contribution in [2.24, 2.45) is 10.9 Å². The number of ether oxygens (including phenoxy) is 3. The van der Waals surface area contributed by atoms with Gasteiger partial charge in [0.2, 0.25) is 0 Å². The van der Waals surface area contributed by atoms with Crippen LogP contribution in [0.15, 0.2) is 23.4 Å². The van der Waals surface area contributed by atoms with E-state index in [9.17, 15) is 4.79 Å². The zero-order valence-corrected chi connectivity index (χ0v) is 13.9. The van der Waals surface area contributed by atoms with Crippen LogP contribution in [0, 0.1) is 0 Å². The Morgan fingerprint density at radius 2 is 1.87 bits per heavy atom. The molecule has 0 radical (unpaired) electrons. The lowest BCUT2D eigenvalue weighted by atomic mass is 10.1. The monoisotopic (exact) mass is 325 g/mol. The second-order valence-corrected chi connectivity index (χ2v) is 5.72. The van der Waals surface area contributed by atoms with Crippen molar-refractivity contribution in [1.82, 2.24) is 5.32 Å². The molecule has 0 saturated carbocycles. The molecule has 0 aliphatic carbocycles. The molecule has 0 heterocycles. The summed E-state index contributed by atoms with van der Waals surface area (Å²) in [5, 5.41) is 14.5. The fraction of sp³-hybridized carbons (Fsp3) is 0.467. The number of hydrogen-bond acceptors (Lipinski definition) is 6. The number of carbonyl (C=O) groups is 1. The molecule has 8 nitrogen and oxygen atoms in total. The Labute approximate surface area is 135 Å². The summed E-state index contributed by atoms with van der Waals surface area (Å²) >= 11 is 0. The lowest BCUT2D eigenvalue weighted by Gasteiger charge is -2.23. The van der Waals surface area contributed by atoms with E-state index in [1.807, 2.05) is 0 Å². The van der Waals surface area contributed by atoms with Crippen molar-refractivity contribution in [2.75, 3.05) is 14.2 Å². The molecule has 1 amide bonds. The quantitative estimate of drug-likeness (QED) is 0.330. The molecule has 0 spiro atoms. The molecule has 1 atom stereocenters. The minimum atomic E-state index is -0.880. The first-order chi connectivity index (χ1) is 10.7. The van der Waals surface area contributed by atoms with Crippen LogP contribution in [0.1, 0.15) is 32.4 Å². The minimum absolute atomic E-state index is 0.192. The van der Waals surface area contributed by atoms with E-state index in [1.165, 1.54) is 14.2 Å². The fourth-order valence-corrected chi connectivity index (χ4v) is 1.84. The number of hydrogen-bond donors (Lipinski definition) is 3. The number of carbonyl (C=O) groups excluding carboxylic acids is 1. The summed E-state index contributed by atoms with van der Waals surface area (Å²) in [5.41, 5.74) is 5.56. The van der Waals surface area contributed by atoms with Gasteiger partial charge in [0.1, 0.15) is 11.6 Å². The van der Waals surface area contributed by atoms with Gasteiger partial charge in [-0.1, -0.05) is 11.2 Å². The molecule has 1 aromatic rings. The Balaban J connectivity index is 3.10. The van der Waals surface area contributed by atoms with Crippen LogP contribution in [-0.4, -0.2) is 37.0 Å². The standard InChI is InChI=1S/C15H23N3O5/c1-15(2,3)23-14(19)17-12(13(16)18-20)9-6-7-10(21-4)11(8-9)22-5/h6-8,12,20H,1-5H3,(H2,16,18)(H,17,19). The van der Waals surface area contributed by atoms with Gasteiger partial charge in [-0.2, -0.15) is 0 Å². The van der Waals surface area contributed by atoms with Crippen molar-refractivity contribution < 1.29 is 24.2 Å². The van der Waals surface area contributed by atoms with Crippen molar-refractivity contribution in [3.05, 3.63) is 23.8 Å². The number of methoxy groups -OCH3 is 2. The second kappa shape index (κ2) is 7.57. The summed E-state index contributed by atoms with van der Waals surface area (Å²) in [6, 6.07) is 4.07. The maximum Gasteiger partial charge on any atom is 0.408 e. The number of nitrogens with two attached hydrogens (primary N) is 1. The number of oxime groups is 1. The molecule has 0 fully saturated rings. The third-order valence-corrected chi connectivity index (χ3v) is 2.81. The largest absolute Gasteiger partial charge is 0.493 e. The molecule has 0 aliphatic rings. The zero-order chi connectivity index (χ0) is 17.6. The van der Waals surface area contributed by atoms with Crippen LogP contribution in [0.5, 0.6) is 11.5 Å². The summed E-state index contributed by atoms with van der Waals surface area (Å²) in [7, 11) is 3.00. The van der Waals surface area contributed by atoms with Gasteiger partial charge >= 0.3 is 6.09 Å². The Morgan fingerprint density at radius 3 is 2.35 bits per heavy atom. The van der Waals surface area contributed by atoms with Crippen LogP contribution in [0.4, 0.5) is 4.79 Å². The number of benzene rings is 1. The molecule has 1 rings (SSSR count). The Morgan fingerprint density at radius 1 is 1.26 bits per heavy atom. The van der Waals surface area contributed by atoms with Gasteiger partial charge in [0.15, 0.2) is 17.3 Å². The van der Waals surface area contributed by atoms with Gasteiger partial charge in [-0.3, -0.25) is 0 Å². The van der Waals surface area contributed by atoms with Crippen molar-refractivity contribution >= 4 is 11.9 Å².